The minimum atomic E-state index is -0.804. The number of hydrogen-bond acceptors (Lipinski definition) is 6. The number of likely N-dealkylation sites (tertiary alicyclic amines) is 1. The smallest absolute Gasteiger partial charge is 0.295 e. The number of amides is 1. The van der Waals surface area contributed by atoms with Gasteiger partial charge in [-0.15, -0.1) is 0 Å². The molecule has 2 aliphatic heterocycles. The third kappa shape index (κ3) is 6.12. The number of rotatable bonds is 13. The van der Waals surface area contributed by atoms with Crippen LogP contribution in [-0.2, 0) is 16.0 Å². The second kappa shape index (κ2) is 13.2. The maximum Gasteiger partial charge on any atom is 0.295 e. The lowest BCUT2D eigenvalue weighted by Crippen LogP contribution is -3.11. The molecule has 0 saturated carbocycles. The SMILES string of the molecule is CCCOc1ccc(C2C(=C([O-])c3ccc4c(c3)CC(C)O4)C(=O)C(=O)N2CCC[NH+](CC)CC)cc1OCC. The van der Waals surface area contributed by atoms with Crippen molar-refractivity contribution in [1.82, 2.24) is 4.90 Å². The molecule has 2 atom stereocenters. The van der Waals surface area contributed by atoms with Crippen LogP contribution in [0.3, 0.4) is 0 Å². The lowest BCUT2D eigenvalue weighted by atomic mass is 9.94. The largest absolute Gasteiger partial charge is 0.872 e. The van der Waals surface area contributed by atoms with Crippen LogP contribution in [-0.4, -0.2) is 62.1 Å². The molecule has 216 valence electrons. The van der Waals surface area contributed by atoms with Crippen LogP contribution in [0.4, 0.5) is 0 Å². The van der Waals surface area contributed by atoms with Crippen molar-refractivity contribution in [3.8, 4) is 17.2 Å². The number of carbonyl (C=O) groups excluding carboxylic acids is 2. The molecule has 2 heterocycles. The number of Topliss-reactive ketones (excluding diaryl/α,β-unsaturated/α-hetero) is 1. The van der Waals surface area contributed by atoms with Crippen LogP contribution in [0.15, 0.2) is 42.0 Å². The van der Waals surface area contributed by atoms with Gasteiger partial charge in [0.25, 0.3) is 5.91 Å². The predicted molar refractivity (Wildman–Crippen MR) is 152 cm³/mol. The molecule has 0 spiro atoms. The summed E-state index contributed by atoms with van der Waals surface area (Å²) in [6, 6.07) is 9.89. The van der Waals surface area contributed by atoms with Crippen LogP contribution < -0.4 is 24.2 Å². The van der Waals surface area contributed by atoms with Gasteiger partial charge in [-0.2, -0.15) is 0 Å². The quantitative estimate of drug-likeness (QED) is 0.234. The number of hydrogen-bond donors (Lipinski definition) is 1. The summed E-state index contributed by atoms with van der Waals surface area (Å²) >= 11 is 0. The summed E-state index contributed by atoms with van der Waals surface area (Å²) in [5.41, 5.74) is 1.96. The van der Waals surface area contributed by atoms with Crippen molar-refractivity contribution >= 4 is 17.4 Å². The molecule has 2 unspecified atom stereocenters. The molecule has 0 aliphatic carbocycles. The van der Waals surface area contributed by atoms with E-state index in [1.165, 1.54) is 4.90 Å². The van der Waals surface area contributed by atoms with Gasteiger partial charge in [0.05, 0.1) is 38.9 Å². The Morgan fingerprint density at radius 3 is 2.52 bits per heavy atom. The van der Waals surface area contributed by atoms with Crippen LogP contribution in [0.5, 0.6) is 17.2 Å². The lowest BCUT2D eigenvalue weighted by molar-refractivity contribution is -0.896. The van der Waals surface area contributed by atoms with Crippen LogP contribution in [0.25, 0.3) is 5.76 Å². The number of fused-ring (bicyclic) bond motifs is 1. The summed E-state index contributed by atoms with van der Waals surface area (Å²) in [5, 5.41) is 14.0. The topological polar surface area (TPSA) is 92.6 Å². The van der Waals surface area contributed by atoms with Crippen molar-refractivity contribution in [3.05, 3.63) is 58.7 Å². The van der Waals surface area contributed by atoms with Crippen LogP contribution >= 0.6 is 0 Å². The van der Waals surface area contributed by atoms with E-state index in [4.69, 9.17) is 14.2 Å². The number of quaternary nitrogens is 1. The van der Waals surface area contributed by atoms with E-state index in [1.54, 1.807) is 35.2 Å². The normalized spacial score (nSPS) is 19.7. The van der Waals surface area contributed by atoms with Crippen molar-refractivity contribution in [2.75, 3.05) is 39.4 Å². The van der Waals surface area contributed by atoms with Crippen molar-refractivity contribution in [2.24, 2.45) is 0 Å². The fourth-order valence-corrected chi connectivity index (χ4v) is 5.56. The Bertz CT molecular complexity index is 1250. The molecule has 8 nitrogen and oxygen atoms in total. The minimum absolute atomic E-state index is 0.0169. The van der Waals surface area contributed by atoms with Crippen molar-refractivity contribution < 1.29 is 33.8 Å². The maximum atomic E-state index is 14.0. The Balaban J connectivity index is 1.78. The standard InChI is InChI=1S/C32H42N2O6/c1-6-17-39-26-14-11-22(20-27(26)38-9-4)29-28(30(35)23-12-13-25-24(19-23)18-21(5)40-25)31(36)32(37)34(29)16-10-15-33(7-2)8-3/h11-14,19-21,29,35H,6-10,15-18H2,1-5H3. The van der Waals surface area contributed by atoms with Gasteiger partial charge >= 0.3 is 0 Å². The molecular weight excluding hydrogens is 508 g/mol. The number of carbonyl (C=O) groups is 2. The molecule has 1 amide bonds. The molecule has 0 bridgehead atoms. The van der Waals surface area contributed by atoms with E-state index in [9.17, 15) is 14.7 Å². The van der Waals surface area contributed by atoms with E-state index in [0.29, 0.717) is 48.8 Å². The van der Waals surface area contributed by atoms with Crippen LogP contribution in [0.1, 0.15) is 70.2 Å². The van der Waals surface area contributed by atoms with Gasteiger partial charge in [-0.25, -0.2) is 0 Å². The van der Waals surface area contributed by atoms with E-state index >= 15 is 0 Å². The van der Waals surface area contributed by atoms with E-state index < -0.39 is 23.5 Å². The monoisotopic (exact) mass is 550 g/mol. The van der Waals surface area contributed by atoms with E-state index in [-0.39, 0.29) is 11.7 Å². The van der Waals surface area contributed by atoms with E-state index in [0.717, 1.165) is 43.8 Å². The maximum absolute atomic E-state index is 14.0. The lowest BCUT2D eigenvalue weighted by Gasteiger charge is -2.28. The second-order valence-electron chi connectivity index (χ2n) is 10.5. The molecule has 4 rings (SSSR count). The number of benzene rings is 2. The Hall–Kier alpha value is -3.52. The fraction of sp³-hybridized carbons (Fsp3) is 0.500. The molecule has 40 heavy (non-hydrogen) atoms. The minimum Gasteiger partial charge on any atom is -0.872 e. The molecule has 2 aromatic carbocycles. The number of ketones is 1. The Labute approximate surface area is 237 Å². The van der Waals surface area contributed by atoms with Gasteiger partial charge in [-0.3, -0.25) is 9.59 Å². The molecule has 2 aromatic rings. The average Bonchev–Trinajstić information content (AvgIpc) is 3.45. The van der Waals surface area contributed by atoms with Crippen molar-refractivity contribution in [1.29, 1.82) is 0 Å². The van der Waals surface area contributed by atoms with Crippen molar-refractivity contribution in [3.63, 3.8) is 0 Å². The van der Waals surface area contributed by atoms with Crippen molar-refractivity contribution in [2.45, 2.75) is 66.0 Å². The highest BCUT2D eigenvalue weighted by Crippen LogP contribution is 2.42. The van der Waals surface area contributed by atoms with Gasteiger partial charge in [0.1, 0.15) is 11.9 Å². The Kier molecular flexibility index (Phi) is 9.74. The molecular formula is C32H42N2O6. The molecule has 0 radical (unpaired) electrons. The first-order chi connectivity index (χ1) is 19.3. The molecule has 2 aliphatic rings. The number of ether oxygens (including phenoxy) is 3. The summed E-state index contributed by atoms with van der Waals surface area (Å²) < 4.78 is 17.6. The van der Waals surface area contributed by atoms with Gasteiger partial charge in [0, 0.05) is 25.0 Å². The first-order valence-electron chi connectivity index (χ1n) is 14.6. The van der Waals surface area contributed by atoms with Gasteiger partial charge in [0.2, 0.25) is 5.78 Å². The van der Waals surface area contributed by atoms with Crippen LogP contribution in [0.2, 0.25) is 0 Å². The third-order valence-electron chi connectivity index (χ3n) is 7.66. The highest BCUT2D eigenvalue weighted by Gasteiger charge is 2.44. The number of nitrogens with zero attached hydrogens (tertiary/aromatic N) is 1. The summed E-state index contributed by atoms with van der Waals surface area (Å²) in [7, 11) is 0. The zero-order chi connectivity index (χ0) is 28.8. The summed E-state index contributed by atoms with van der Waals surface area (Å²) in [6.07, 6.45) is 2.29. The summed E-state index contributed by atoms with van der Waals surface area (Å²) in [6.45, 7) is 14.4. The highest BCUT2D eigenvalue weighted by molar-refractivity contribution is 6.46. The van der Waals surface area contributed by atoms with Gasteiger partial charge < -0.3 is 29.1 Å². The molecule has 1 N–H and O–H groups in total. The summed E-state index contributed by atoms with van der Waals surface area (Å²) in [4.78, 5) is 29.9. The van der Waals surface area contributed by atoms with E-state index in [1.807, 2.05) is 26.8 Å². The second-order valence-corrected chi connectivity index (χ2v) is 10.5. The van der Waals surface area contributed by atoms with E-state index in [2.05, 4.69) is 13.8 Å². The number of nitrogens with one attached hydrogen (secondary N) is 1. The predicted octanol–water partition coefficient (Wildman–Crippen LogP) is 2.74. The first kappa shape index (κ1) is 29.5. The van der Waals surface area contributed by atoms with Gasteiger partial charge in [0.15, 0.2) is 11.5 Å². The van der Waals surface area contributed by atoms with Crippen LogP contribution in [0, 0.1) is 0 Å². The Morgan fingerprint density at radius 2 is 1.82 bits per heavy atom. The van der Waals surface area contributed by atoms with Gasteiger partial charge in [-0.1, -0.05) is 24.8 Å². The Morgan fingerprint density at radius 1 is 1.05 bits per heavy atom. The summed E-state index contributed by atoms with van der Waals surface area (Å²) in [5.74, 6) is 0.0873. The third-order valence-corrected chi connectivity index (χ3v) is 7.66. The molecule has 8 heteroatoms. The first-order valence-corrected chi connectivity index (χ1v) is 14.6. The van der Waals surface area contributed by atoms with Gasteiger partial charge in [-0.05, 0) is 75.1 Å². The molecule has 1 fully saturated rings. The zero-order valence-electron chi connectivity index (χ0n) is 24.4. The fourth-order valence-electron chi connectivity index (χ4n) is 5.56. The molecule has 0 aromatic heterocycles. The average molecular weight is 551 g/mol. The zero-order valence-corrected chi connectivity index (χ0v) is 24.4. The highest BCUT2D eigenvalue weighted by atomic mass is 16.5. The molecule has 1 saturated heterocycles.